The lowest BCUT2D eigenvalue weighted by Crippen LogP contribution is -2.16. The fraction of sp³-hybridized carbons (Fsp3) is 0.176. The molecule has 3 nitrogen and oxygen atoms in total. The average Bonchev–Trinajstić information content (AvgIpc) is 3.04. The molecule has 0 atom stereocenters. The van der Waals surface area contributed by atoms with E-state index in [1.54, 1.807) is 6.07 Å². The maximum Gasteiger partial charge on any atom is 0.416 e. The zero-order valence-electron chi connectivity index (χ0n) is 12.0. The first-order chi connectivity index (χ1) is 11.0. The Kier molecular flexibility index (Phi) is 3.90. The van der Waals surface area contributed by atoms with Gasteiger partial charge in [0.05, 0.1) is 17.5 Å². The van der Waals surface area contributed by atoms with Crippen LogP contribution < -0.4 is 0 Å². The Labute approximate surface area is 130 Å². The number of benzene rings is 1. The third-order valence-corrected chi connectivity index (χ3v) is 3.59. The van der Waals surface area contributed by atoms with Crippen LogP contribution >= 0.6 is 0 Å². The molecule has 0 aliphatic heterocycles. The first-order valence-corrected chi connectivity index (χ1v) is 7.10. The van der Waals surface area contributed by atoms with Crippen molar-refractivity contribution in [1.82, 2.24) is 9.78 Å². The number of hydrogen-bond acceptors (Lipinski definition) is 2. The van der Waals surface area contributed by atoms with E-state index in [1.807, 2.05) is 18.2 Å². The van der Waals surface area contributed by atoms with Crippen molar-refractivity contribution in [2.45, 2.75) is 19.0 Å². The van der Waals surface area contributed by atoms with Gasteiger partial charge in [-0.3, -0.25) is 4.79 Å². The van der Waals surface area contributed by atoms with Gasteiger partial charge < -0.3 is 0 Å². The van der Waals surface area contributed by atoms with Crippen LogP contribution in [-0.4, -0.2) is 15.7 Å². The molecule has 6 heteroatoms. The summed E-state index contributed by atoms with van der Waals surface area (Å²) in [6.07, 6.45) is 4.84. The van der Waals surface area contributed by atoms with Crippen molar-refractivity contribution in [3.05, 3.63) is 71.6 Å². The number of carbonyl (C=O) groups excluding carboxylic acids is 1. The van der Waals surface area contributed by atoms with Gasteiger partial charge in [0.25, 0.3) is 5.91 Å². The molecular weight excluding hydrogens is 305 g/mol. The van der Waals surface area contributed by atoms with E-state index in [0.29, 0.717) is 5.69 Å². The molecule has 1 aliphatic rings. The van der Waals surface area contributed by atoms with Crippen molar-refractivity contribution in [2.24, 2.45) is 0 Å². The van der Waals surface area contributed by atoms with Gasteiger partial charge in [-0.1, -0.05) is 18.2 Å². The molecule has 0 N–H and O–H groups in total. The van der Waals surface area contributed by atoms with Crippen LogP contribution in [0.3, 0.4) is 0 Å². The standard InChI is InChI=1S/C17H13F3N2O/c18-17(19,20)14-8-6-13(7-9-14)16(23)22-15(10-11-21-22)12-4-2-1-3-5-12/h2,4-11H,1,3H2. The summed E-state index contributed by atoms with van der Waals surface area (Å²) < 4.78 is 39.0. The Hall–Kier alpha value is -2.63. The fourth-order valence-electron chi connectivity index (χ4n) is 2.41. The van der Waals surface area contributed by atoms with Crippen LogP contribution in [0, 0.1) is 0 Å². The van der Waals surface area contributed by atoms with Crippen LogP contribution in [0.5, 0.6) is 0 Å². The lowest BCUT2D eigenvalue weighted by molar-refractivity contribution is -0.137. The van der Waals surface area contributed by atoms with Crippen molar-refractivity contribution in [3.8, 4) is 0 Å². The molecule has 118 valence electrons. The minimum atomic E-state index is -4.42. The molecule has 0 spiro atoms. The highest BCUT2D eigenvalue weighted by atomic mass is 19.4. The first-order valence-electron chi connectivity index (χ1n) is 7.10. The molecule has 1 aliphatic carbocycles. The van der Waals surface area contributed by atoms with Gasteiger partial charge in [0.1, 0.15) is 0 Å². The van der Waals surface area contributed by atoms with Gasteiger partial charge in [-0.25, -0.2) is 0 Å². The Morgan fingerprint density at radius 1 is 1.09 bits per heavy atom. The van der Waals surface area contributed by atoms with Crippen LogP contribution in [0.15, 0.2) is 54.8 Å². The Bertz CT molecular complexity index is 783. The quantitative estimate of drug-likeness (QED) is 0.826. The Morgan fingerprint density at radius 3 is 2.43 bits per heavy atom. The molecule has 23 heavy (non-hydrogen) atoms. The molecule has 0 unspecified atom stereocenters. The van der Waals surface area contributed by atoms with Gasteiger partial charge >= 0.3 is 6.18 Å². The number of halogens is 3. The van der Waals surface area contributed by atoms with E-state index < -0.39 is 17.6 Å². The van der Waals surface area contributed by atoms with Gasteiger partial charge in [-0.2, -0.15) is 23.0 Å². The van der Waals surface area contributed by atoms with Crippen molar-refractivity contribution in [1.29, 1.82) is 0 Å². The molecule has 1 aromatic heterocycles. The maximum atomic E-state index is 12.6. The van der Waals surface area contributed by atoms with E-state index in [2.05, 4.69) is 5.10 Å². The minimum absolute atomic E-state index is 0.156. The summed E-state index contributed by atoms with van der Waals surface area (Å²) in [6, 6.07) is 5.85. The van der Waals surface area contributed by atoms with E-state index in [-0.39, 0.29) is 5.56 Å². The van der Waals surface area contributed by atoms with Crippen LogP contribution in [0.2, 0.25) is 0 Å². The topological polar surface area (TPSA) is 34.9 Å². The smallest absolute Gasteiger partial charge is 0.267 e. The van der Waals surface area contributed by atoms with Crippen LogP contribution in [0.1, 0.15) is 34.5 Å². The number of rotatable bonds is 2. The van der Waals surface area contributed by atoms with Crippen LogP contribution in [0.25, 0.3) is 5.57 Å². The highest BCUT2D eigenvalue weighted by molar-refractivity contribution is 5.97. The van der Waals surface area contributed by atoms with Crippen molar-refractivity contribution in [2.75, 3.05) is 0 Å². The number of allylic oxidation sites excluding steroid dienone is 4. The summed E-state index contributed by atoms with van der Waals surface area (Å²) in [4.78, 5) is 12.5. The third-order valence-electron chi connectivity index (χ3n) is 3.59. The third kappa shape index (κ3) is 3.11. The zero-order valence-corrected chi connectivity index (χ0v) is 12.0. The summed E-state index contributed by atoms with van der Waals surface area (Å²) in [5, 5.41) is 4.01. The van der Waals surface area contributed by atoms with Gasteiger partial charge in [0.15, 0.2) is 0 Å². The van der Waals surface area contributed by atoms with Gasteiger partial charge in [0.2, 0.25) is 0 Å². The van der Waals surface area contributed by atoms with Crippen molar-refractivity contribution in [3.63, 3.8) is 0 Å². The van der Waals surface area contributed by atoms with E-state index in [4.69, 9.17) is 0 Å². The minimum Gasteiger partial charge on any atom is -0.267 e. The number of nitrogens with zero attached hydrogens (tertiary/aromatic N) is 2. The normalized spacial score (nSPS) is 14.7. The number of hydrogen-bond donors (Lipinski definition) is 0. The second-order valence-electron chi connectivity index (χ2n) is 5.15. The highest BCUT2D eigenvalue weighted by Gasteiger charge is 2.30. The largest absolute Gasteiger partial charge is 0.416 e. The summed E-state index contributed by atoms with van der Waals surface area (Å²) in [7, 11) is 0. The second-order valence-corrected chi connectivity index (χ2v) is 5.15. The zero-order chi connectivity index (χ0) is 16.4. The van der Waals surface area contributed by atoms with Gasteiger partial charge in [-0.05, 0) is 48.7 Å². The molecule has 1 heterocycles. The maximum absolute atomic E-state index is 12.6. The number of alkyl halides is 3. The highest BCUT2D eigenvalue weighted by Crippen LogP contribution is 2.29. The van der Waals surface area contributed by atoms with Crippen LogP contribution in [-0.2, 0) is 6.18 Å². The first kappa shape index (κ1) is 15.3. The van der Waals surface area contributed by atoms with Crippen molar-refractivity contribution >= 4 is 11.5 Å². The van der Waals surface area contributed by atoms with Crippen molar-refractivity contribution < 1.29 is 18.0 Å². The average molecular weight is 318 g/mol. The molecule has 0 fully saturated rings. The number of carbonyl (C=O) groups is 1. The van der Waals surface area contributed by atoms with Gasteiger partial charge in [0, 0.05) is 5.56 Å². The van der Waals surface area contributed by atoms with E-state index in [1.165, 1.54) is 23.0 Å². The molecule has 0 bridgehead atoms. The molecule has 0 amide bonds. The summed E-state index contributed by atoms with van der Waals surface area (Å²) >= 11 is 0. The molecule has 0 radical (unpaired) electrons. The molecule has 1 aromatic carbocycles. The predicted octanol–water partition coefficient (Wildman–Crippen LogP) is 4.32. The van der Waals surface area contributed by atoms with E-state index in [9.17, 15) is 18.0 Å². The van der Waals surface area contributed by atoms with Gasteiger partial charge in [-0.15, -0.1) is 0 Å². The summed E-state index contributed by atoms with van der Waals surface area (Å²) in [5.74, 6) is -0.460. The monoisotopic (exact) mass is 318 g/mol. The molecule has 2 aromatic rings. The Morgan fingerprint density at radius 2 is 1.83 bits per heavy atom. The SMILES string of the molecule is O=C(c1ccc(C(F)(F)F)cc1)n1nccc1C1=CCCC=C1. The molecule has 3 rings (SSSR count). The fourth-order valence-corrected chi connectivity index (χ4v) is 2.41. The summed E-state index contributed by atoms with van der Waals surface area (Å²) in [6.45, 7) is 0. The lowest BCUT2D eigenvalue weighted by Gasteiger charge is -2.10. The molecular formula is C17H13F3N2O. The second kappa shape index (κ2) is 5.87. The van der Waals surface area contributed by atoms with Crippen LogP contribution in [0.4, 0.5) is 13.2 Å². The molecule has 0 saturated carbocycles. The van der Waals surface area contributed by atoms with E-state index in [0.717, 1.165) is 30.5 Å². The van der Waals surface area contributed by atoms with E-state index >= 15 is 0 Å². The lowest BCUT2D eigenvalue weighted by atomic mass is 10.0. The molecule has 0 saturated heterocycles. The Balaban J connectivity index is 1.91. The number of aromatic nitrogens is 2. The summed E-state index contributed by atoms with van der Waals surface area (Å²) in [5.41, 5.74) is 0.885. The predicted molar refractivity (Wildman–Crippen MR) is 79.8 cm³/mol.